The highest BCUT2D eigenvalue weighted by molar-refractivity contribution is 8.18. The van der Waals surface area contributed by atoms with Gasteiger partial charge in [0.05, 0.1) is 26.2 Å². The average molecular weight is 550 g/mol. The summed E-state index contributed by atoms with van der Waals surface area (Å²) in [6, 6.07) is 20.0. The number of rotatable bonds is 6. The van der Waals surface area contributed by atoms with Gasteiger partial charge in [-0.15, -0.1) is 0 Å². The van der Waals surface area contributed by atoms with E-state index in [0.717, 1.165) is 22.0 Å². The number of hydrogen-bond donors (Lipinski definition) is 1. The smallest absolute Gasteiger partial charge is 0.335 e. The van der Waals surface area contributed by atoms with Crippen LogP contribution in [0.4, 0.5) is 5.69 Å². The number of amidine groups is 1. The molecule has 1 aromatic heterocycles. The minimum Gasteiger partial charge on any atom is -0.478 e. The number of carbonyl (C=O) groups is 2. The van der Waals surface area contributed by atoms with E-state index < -0.39 is 5.97 Å². The fraction of sp³-hybridized carbons (Fsp3) is 0.107. The Morgan fingerprint density at radius 1 is 1.05 bits per heavy atom. The van der Waals surface area contributed by atoms with E-state index in [1.54, 1.807) is 23.1 Å². The summed E-state index contributed by atoms with van der Waals surface area (Å²) < 4.78 is 2.12. The van der Waals surface area contributed by atoms with Crippen LogP contribution in [-0.4, -0.2) is 38.2 Å². The van der Waals surface area contributed by atoms with Gasteiger partial charge in [-0.05, 0) is 66.7 Å². The van der Waals surface area contributed by atoms with Crippen LogP contribution in [0, 0.1) is 0 Å². The van der Waals surface area contributed by atoms with Gasteiger partial charge >= 0.3 is 5.97 Å². The van der Waals surface area contributed by atoms with Crippen LogP contribution in [0.5, 0.6) is 0 Å². The van der Waals surface area contributed by atoms with Crippen LogP contribution in [-0.2, 0) is 11.3 Å². The number of likely N-dealkylation sites (N-methyl/N-ethyl adjacent to an activating group) is 1. The molecule has 0 saturated carbocycles. The first-order chi connectivity index (χ1) is 17.8. The standard InChI is InChI=1S/C28H21Cl2N3O3S/c1-2-33-26(34)25(37-28(33)31-20-7-5-6-18(13-20)27(35)36)14-19-16-32(24-9-4-3-8-21(19)24)15-17-10-11-22(29)23(30)12-17/h3-14,16H,2,15H2,1H3,(H,35,36). The summed E-state index contributed by atoms with van der Waals surface area (Å²) in [5, 5.41) is 11.8. The first-order valence-corrected chi connectivity index (χ1v) is 13.1. The Balaban J connectivity index is 1.51. The van der Waals surface area contributed by atoms with Gasteiger partial charge in [-0.25, -0.2) is 9.79 Å². The number of aliphatic imine (C=N–C) groups is 1. The van der Waals surface area contributed by atoms with Crippen molar-refractivity contribution < 1.29 is 14.7 Å². The third kappa shape index (κ3) is 5.16. The molecule has 0 aliphatic carbocycles. The summed E-state index contributed by atoms with van der Waals surface area (Å²) in [6.45, 7) is 2.92. The van der Waals surface area contributed by atoms with Crippen LogP contribution in [0.25, 0.3) is 17.0 Å². The predicted octanol–water partition coefficient (Wildman–Crippen LogP) is 7.32. The Labute approximate surface area is 227 Å². The number of halogens is 2. The van der Waals surface area contributed by atoms with Crippen molar-refractivity contribution in [3.05, 3.63) is 105 Å². The normalized spacial score (nSPS) is 15.9. The van der Waals surface area contributed by atoms with Crippen molar-refractivity contribution in [3.8, 4) is 0 Å². The highest BCUT2D eigenvalue weighted by Gasteiger charge is 2.32. The summed E-state index contributed by atoms with van der Waals surface area (Å²) >= 11 is 13.6. The Hall–Kier alpha value is -3.52. The fourth-order valence-electron chi connectivity index (χ4n) is 4.19. The summed E-state index contributed by atoms with van der Waals surface area (Å²) in [6.07, 6.45) is 3.91. The number of nitrogens with zero attached hydrogens (tertiary/aromatic N) is 3. The Kier molecular flexibility index (Phi) is 7.11. The maximum atomic E-state index is 13.2. The lowest BCUT2D eigenvalue weighted by Gasteiger charge is -2.12. The van der Waals surface area contributed by atoms with Crippen molar-refractivity contribution in [2.45, 2.75) is 13.5 Å². The van der Waals surface area contributed by atoms with Crippen molar-refractivity contribution in [3.63, 3.8) is 0 Å². The number of fused-ring (bicyclic) bond motifs is 1. The van der Waals surface area contributed by atoms with Crippen LogP contribution >= 0.6 is 35.0 Å². The van der Waals surface area contributed by atoms with Crippen molar-refractivity contribution in [2.24, 2.45) is 4.99 Å². The molecule has 37 heavy (non-hydrogen) atoms. The molecule has 1 saturated heterocycles. The number of carboxylic acids is 1. The van der Waals surface area contributed by atoms with Crippen molar-refractivity contribution in [1.29, 1.82) is 0 Å². The maximum Gasteiger partial charge on any atom is 0.335 e. The minimum absolute atomic E-state index is 0.137. The molecular formula is C28H21Cl2N3O3S. The van der Waals surface area contributed by atoms with Crippen molar-refractivity contribution in [1.82, 2.24) is 9.47 Å². The molecule has 1 aliphatic rings. The van der Waals surface area contributed by atoms with E-state index in [2.05, 4.69) is 9.56 Å². The van der Waals surface area contributed by atoms with E-state index in [9.17, 15) is 14.7 Å². The highest BCUT2D eigenvalue weighted by Crippen LogP contribution is 2.36. The number of hydrogen-bond acceptors (Lipinski definition) is 4. The molecule has 3 aromatic carbocycles. The molecule has 0 radical (unpaired) electrons. The minimum atomic E-state index is -1.03. The van der Waals surface area contributed by atoms with E-state index in [0.29, 0.717) is 38.9 Å². The molecule has 2 heterocycles. The second-order valence-corrected chi connectivity index (χ2v) is 10.2. The van der Waals surface area contributed by atoms with Crippen LogP contribution in [0.3, 0.4) is 0 Å². The third-order valence-electron chi connectivity index (χ3n) is 5.97. The summed E-state index contributed by atoms with van der Waals surface area (Å²) in [4.78, 5) is 31.3. The number of aromatic carboxylic acids is 1. The second kappa shape index (κ2) is 10.5. The van der Waals surface area contributed by atoms with Gasteiger partial charge in [-0.1, -0.05) is 53.5 Å². The molecule has 1 fully saturated rings. The number of carboxylic acid groups (broad SMARTS) is 1. The van der Waals surface area contributed by atoms with Gasteiger partial charge in [0, 0.05) is 35.8 Å². The Morgan fingerprint density at radius 2 is 1.86 bits per heavy atom. The van der Waals surface area contributed by atoms with Gasteiger partial charge in [-0.2, -0.15) is 0 Å². The number of thioether (sulfide) groups is 1. The molecule has 0 unspecified atom stereocenters. The van der Waals surface area contributed by atoms with Gasteiger partial charge in [0.15, 0.2) is 5.17 Å². The zero-order valence-corrected chi connectivity index (χ0v) is 22.0. The van der Waals surface area contributed by atoms with Crippen molar-refractivity contribution >= 4 is 74.7 Å². The van der Waals surface area contributed by atoms with E-state index in [-0.39, 0.29) is 11.5 Å². The number of para-hydroxylation sites is 1. The van der Waals surface area contributed by atoms with E-state index in [1.165, 1.54) is 23.9 Å². The number of benzene rings is 3. The topological polar surface area (TPSA) is 74.9 Å². The summed E-state index contributed by atoms with van der Waals surface area (Å²) in [5.74, 6) is -1.16. The van der Waals surface area contributed by atoms with E-state index >= 15 is 0 Å². The largest absolute Gasteiger partial charge is 0.478 e. The third-order valence-corrected chi connectivity index (χ3v) is 7.71. The highest BCUT2D eigenvalue weighted by atomic mass is 35.5. The van der Waals surface area contributed by atoms with Gasteiger partial charge < -0.3 is 9.67 Å². The van der Waals surface area contributed by atoms with E-state index in [4.69, 9.17) is 23.2 Å². The van der Waals surface area contributed by atoms with Gasteiger partial charge in [0.1, 0.15) is 0 Å². The van der Waals surface area contributed by atoms with Crippen LogP contribution in [0.2, 0.25) is 10.0 Å². The Bertz CT molecular complexity index is 1610. The first-order valence-electron chi connectivity index (χ1n) is 11.5. The molecule has 0 atom stereocenters. The number of aromatic nitrogens is 1. The molecule has 1 N–H and O–H groups in total. The zero-order valence-electron chi connectivity index (χ0n) is 19.7. The molecule has 0 spiro atoms. The summed E-state index contributed by atoms with van der Waals surface area (Å²) in [7, 11) is 0. The van der Waals surface area contributed by atoms with Crippen LogP contribution < -0.4 is 0 Å². The molecule has 1 amide bonds. The maximum absolute atomic E-state index is 13.2. The number of carbonyl (C=O) groups excluding carboxylic acids is 1. The van der Waals surface area contributed by atoms with Crippen LogP contribution in [0.15, 0.2) is 82.8 Å². The lowest BCUT2D eigenvalue weighted by atomic mass is 10.1. The Morgan fingerprint density at radius 3 is 2.62 bits per heavy atom. The average Bonchev–Trinajstić information content (AvgIpc) is 3.38. The molecule has 0 bridgehead atoms. The zero-order chi connectivity index (χ0) is 26.1. The quantitative estimate of drug-likeness (QED) is 0.255. The second-order valence-electron chi connectivity index (χ2n) is 8.39. The van der Waals surface area contributed by atoms with Gasteiger partial charge in [0.25, 0.3) is 5.91 Å². The molecule has 6 nitrogen and oxygen atoms in total. The van der Waals surface area contributed by atoms with Gasteiger partial charge in [0.2, 0.25) is 0 Å². The molecule has 9 heteroatoms. The molecular weight excluding hydrogens is 529 g/mol. The molecule has 4 aromatic rings. The molecule has 1 aliphatic heterocycles. The fourth-order valence-corrected chi connectivity index (χ4v) is 5.56. The van der Waals surface area contributed by atoms with Crippen LogP contribution in [0.1, 0.15) is 28.4 Å². The number of amides is 1. The molecule has 5 rings (SSSR count). The lowest BCUT2D eigenvalue weighted by molar-refractivity contribution is -0.122. The van der Waals surface area contributed by atoms with E-state index in [1.807, 2.05) is 55.6 Å². The first kappa shape index (κ1) is 25.1. The summed E-state index contributed by atoms with van der Waals surface area (Å²) in [5.41, 5.74) is 3.58. The van der Waals surface area contributed by atoms with Crippen molar-refractivity contribution in [2.75, 3.05) is 6.54 Å². The SMILES string of the molecule is CCN1C(=O)C(=Cc2cn(Cc3ccc(Cl)c(Cl)c3)c3ccccc23)SC1=Nc1cccc(C(=O)O)c1. The monoisotopic (exact) mass is 549 g/mol. The predicted molar refractivity (Wildman–Crippen MR) is 151 cm³/mol. The lowest BCUT2D eigenvalue weighted by Crippen LogP contribution is -2.28. The molecule has 186 valence electrons. The van der Waals surface area contributed by atoms with Gasteiger partial charge in [-0.3, -0.25) is 9.69 Å².